The predicted octanol–water partition coefficient (Wildman–Crippen LogP) is 9.64. The third-order valence-corrected chi connectivity index (χ3v) is 6.78. The summed E-state index contributed by atoms with van der Waals surface area (Å²) in [5, 5.41) is 0. The van der Waals surface area contributed by atoms with E-state index >= 15 is 8.78 Å². The van der Waals surface area contributed by atoms with Crippen LogP contribution in [0.3, 0.4) is 0 Å². The molecule has 3 rings (SSSR count). The molecule has 2 unspecified atom stereocenters. The van der Waals surface area contributed by atoms with Crippen LogP contribution in [0.25, 0.3) is 16.7 Å². The second kappa shape index (κ2) is 13.6. The largest absolute Gasteiger partial charge is 0.367 e. The SMILES string of the molecule is CCCCCCCCC1(OCCCCC)C=CC(c2ccc(-c3ccccc3)cc2)=C(F)C1F. The zero-order valence-corrected chi connectivity index (χ0v) is 20.9. The van der Waals surface area contributed by atoms with E-state index in [4.69, 9.17) is 4.74 Å². The van der Waals surface area contributed by atoms with E-state index in [2.05, 4.69) is 13.8 Å². The van der Waals surface area contributed by atoms with E-state index in [1.165, 1.54) is 19.3 Å². The average Bonchev–Trinajstić information content (AvgIpc) is 2.88. The normalized spacial score (nSPS) is 20.2. The Morgan fingerprint density at radius 2 is 1.32 bits per heavy atom. The summed E-state index contributed by atoms with van der Waals surface area (Å²) >= 11 is 0. The monoisotopic (exact) mass is 466 g/mol. The molecule has 184 valence electrons. The van der Waals surface area contributed by atoms with E-state index < -0.39 is 17.6 Å². The van der Waals surface area contributed by atoms with Crippen molar-refractivity contribution in [1.29, 1.82) is 0 Å². The molecule has 0 aromatic heterocycles. The average molecular weight is 467 g/mol. The number of alkyl halides is 1. The molecule has 34 heavy (non-hydrogen) atoms. The van der Waals surface area contributed by atoms with Crippen molar-refractivity contribution in [2.75, 3.05) is 6.61 Å². The summed E-state index contributed by atoms with van der Waals surface area (Å²) in [6, 6.07) is 17.7. The summed E-state index contributed by atoms with van der Waals surface area (Å²) in [5.74, 6) is -0.712. The maximum atomic E-state index is 15.7. The molecule has 0 aliphatic heterocycles. The minimum absolute atomic E-state index is 0.322. The molecule has 0 amide bonds. The first-order chi connectivity index (χ1) is 16.6. The van der Waals surface area contributed by atoms with Crippen LogP contribution >= 0.6 is 0 Å². The maximum Gasteiger partial charge on any atom is 0.184 e. The molecule has 0 radical (unpaired) electrons. The van der Waals surface area contributed by atoms with E-state index in [1.807, 2.05) is 54.6 Å². The number of unbranched alkanes of at least 4 members (excludes halogenated alkanes) is 7. The predicted molar refractivity (Wildman–Crippen MR) is 140 cm³/mol. The molecular weight excluding hydrogens is 426 g/mol. The summed E-state index contributed by atoms with van der Waals surface area (Å²) in [5.41, 5.74) is 1.97. The van der Waals surface area contributed by atoms with E-state index in [0.29, 0.717) is 24.2 Å². The third-order valence-electron chi connectivity index (χ3n) is 6.78. The van der Waals surface area contributed by atoms with Crippen molar-refractivity contribution in [2.24, 2.45) is 0 Å². The number of ether oxygens (including phenoxy) is 1. The quantitative estimate of drug-likeness (QED) is 0.252. The summed E-state index contributed by atoms with van der Waals surface area (Å²) in [4.78, 5) is 0. The van der Waals surface area contributed by atoms with Gasteiger partial charge in [-0.25, -0.2) is 8.78 Å². The highest BCUT2D eigenvalue weighted by Crippen LogP contribution is 2.41. The van der Waals surface area contributed by atoms with Crippen molar-refractivity contribution in [3.05, 3.63) is 78.1 Å². The Morgan fingerprint density at radius 3 is 2.03 bits per heavy atom. The van der Waals surface area contributed by atoms with E-state index in [1.54, 1.807) is 12.2 Å². The smallest absolute Gasteiger partial charge is 0.184 e. The van der Waals surface area contributed by atoms with Crippen molar-refractivity contribution in [2.45, 2.75) is 89.8 Å². The fourth-order valence-corrected chi connectivity index (χ4v) is 4.65. The Balaban J connectivity index is 1.73. The lowest BCUT2D eigenvalue weighted by Gasteiger charge is -2.36. The Bertz CT molecular complexity index is 916. The second-order valence-corrected chi connectivity index (χ2v) is 9.43. The molecule has 0 heterocycles. The third kappa shape index (κ3) is 6.88. The molecule has 0 saturated carbocycles. The Morgan fingerprint density at radius 1 is 0.735 bits per heavy atom. The highest BCUT2D eigenvalue weighted by molar-refractivity contribution is 5.79. The summed E-state index contributed by atoms with van der Waals surface area (Å²) in [7, 11) is 0. The van der Waals surface area contributed by atoms with Crippen LogP contribution in [0.5, 0.6) is 0 Å². The molecule has 2 aromatic carbocycles. The van der Waals surface area contributed by atoms with Crippen LogP contribution < -0.4 is 0 Å². The van der Waals surface area contributed by atoms with Crippen molar-refractivity contribution in [1.82, 2.24) is 0 Å². The topological polar surface area (TPSA) is 9.23 Å². The minimum atomic E-state index is -1.78. The van der Waals surface area contributed by atoms with Crippen LogP contribution in [-0.4, -0.2) is 18.4 Å². The van der Waals surface area contributed by atoms with E-state index in [0.717, 1.165) is 49.7 Å². The molecule has 3 heteroatoms. The van der Waals surface area contributed by atoms with Gasteiger partial charge in [-0.15, -0.1) is 0 Å². The van der Waals surface area contributed by atoms with Gasteiger partial charge in [-0.1, -0.05) is 126 Å². The first-order valence-corrected chi connectivity index (χ1v) is 13.1. The van der Waals surface area contributed by atoms with Gasteiger partial charge in [-0.05, 0) is 35.6 Å². The van der Waals surface area contributed by atoms with Crippen LogP contribution in [0, 0.1) is 0 Å². The lowest BCUT2D eigenvalue weighted by Crippen LogP contribution is -2.43. The van der Waals surface area contributed by atoms with Gasteiger partial charge in [0.2, 0.25) is 0 Å². The summed E-state index contributed by atoms with van der Waals surface area (Å²) < 4.78 is 37.3. The first kappa shape index (κ1) is 26.3. The maximum absolute atomic E-state index is 15.7. The molecule has 1 nitrogen and oxygen atoms in total. The number of hydrogen-bond donors (Lipinski definition) is 0. The van der Waals surface area contributed by atoms with Gasteiger partial charge in [0.25, 0.3) is 0 Å². The number of rotatable bonds is 14. The molecule has 1 aliphatic rings. The lowest BCUT2D eigenvalue weighted by atomic mass is 9.82. The highest BCUT2D eigenvalue weighted by atomic mass is 19.2. The highest BCUT2D eigenvalue weighted by Gasteiger charge is 2.44. The molecule has 0 fully saturated rings. The van der Waals surface area contributed by atoms with Crippen LogP contribution in [0.15, 0.2) is 72.6 Å². The van der Waals surface area contributed by atoms with Gasteiger partial charge in [-0.3, -0.25) is 0 Å². The van der Waals surface area contributed by atoms with Crippen molar-refractivity contribution in [3.8, 4) is 11.1 Å². The standard InChI is InChI=1S/C31H40F2O/c1-3-5-7-8-9-13-22-31(34-24-14-6-4-2)23-21-28(29(32)30(31)33)27-19-17-26(18-20-27)25-15-11-10-12-16-25/h10-12,15-21,23,30H,3-9,13-14,22,24H2,1-2H3. The van der Waals surface area contributed by atoms with Gasteiger partial charge in [0.1, 0.15) is 11.4 Å². The van der Waals surface area contributed by atoms with Crippen molar-refractivity contribution in [3.63, 3.8) is 0 Å². The number of allylic oxidation sites excluding steroid dienone is 2. The summed E-state index contributed by atoms with van der Waals surface area (Å²) in [6.07, 6.45) is 11.9. The molecule has 0 bridgehead atoms. The Labute approximate surface area is 204 Å². The first-order valence-electron chi connectivity index (χ1n) is 13.1. The zero-order valence-electron chi connectivity index (χ0n) is 20.9. The fourth-order valence-electron chi connectivity index (χ4n) is 4.65. The van der Waals surface area contributed by atoms with Crippen molar-refractivity contribution < 1.29 is 13.5 Å². The van der Waals surface area contributed by atoms with Crippen LogP contribution in [-0.2, 0) is 4.74 Å². The summed E-state index contributed by atoms with van der Waals surface area (Å²) in [6.45, 7) is 4.78. The van der Waals surface area contributed by atoms with Crippen LogP contribution in [0.1, 0.15) is 83.6 Å². The number of halogens is 2. The fraction of sp³-hybridized carbons (Fsp3) is 0.484. The van der Waals surface area contributed by atoms with Gasteiger partial charge >= 0.3 is 0 Å². The van der Waals surface area contributed by atoms with Crippen molar-refractivity contribution >= 4 is 5.57 Å². The molecule has 0 saturated heterocycles. The Kier molecular flexibility index (Phi) is 10.5. The van der Waals surface area contributed by atoms with Gasteiger partial charge in [0.05, 0.1) is 0 Å². The van der Waals surface area contributed by atoms with Gasteiger partial charge in [0.15, 0.2) is 6.17 Å². The molecule has 2 atom stereocenters. The second-order valence-electron chi connectivity index (χ2n) is 9.43. The Hall–Kier alpha value is -2.26. The van der Waals surface area contributed by atoms with Gasteiger partial charge < -0.3 is 4.74 Å². The molecule has 0 N–H and O–H groups in total. The zero-order chi connectivity index (χ0) is 24.2. The number of benzene rings is 2. The molecule has 1 aliphatic carbocycles. The molecule has 2 aromatic rings. The van der Waals surface area contributed by atoms with E-state index in [9.17, 15) is 0 Å². The number of hydrogen-bond acceptors (Lipinski definition) is 1. The molecule has 0 spiro atoms. The van der Waals surface area contributed by atoms with Crippen LogP contribution in [0.4, 0.5) is 8.78 Å². The molecular formula is C31H40F2O. The van der Waals surface area contributed by atoms with Gasteiger partial charge in [-0.2, -0.15) is 0 Å². The lowest BCUT2D eigenvalue weighted by molar-refractivity contribution is -0.0651. The minimum Gasteiger partial charge on any atom is -0.367 e. The van der Waals surface area contributed by atoms with Gasteiger partial charge in [0, 0.05) is 12.2 Å². The van der Waals surface area contributed by atoms with E-state index in [-0.39, 0.29) is 0 Å². The van der Waals surface area contributed by atoms with Crippen LogP contribution in [0.2, 0.25) is 0 Å².